The van der Waals surface area contributed by atoms with Gasteiger partial charge in [-0.25, -0.2) is 10.2 Å². The van der Waals surface area contributed by atoms with Crippen LogP contribution >= 0.6 is 0 Å². The van der Waals surface area contributed by atoms with E-state index < -0.39 is 0 Å². The van der Waals surface area contributed by atoms with E-state index in [4.69, 9.17) is 10.2 Å². The van der Waals surface area contributed by atoms with E-state index in [9.17, 15) is 0 Å². The minimum Gasteiger partial charge on any atom is -0.222 e. The van der Waals surface area contributed by atoms with Crippen molar-refractivity contribution < 1.29 is 4.79 Å². The molecule has 0 saturated heterocycles. The van der Waals surface area contributed by atoms with Gasteiger partial charge in [-0.15, -0.1) is 0 Å². The Labute approximate surface area is 79.1 Å². The molecule has 2 nitrogen and oxygen atoms in total. The Kier molecular flexibility index (Phi) is 6.48. The molecule has 0 bridgehead atoms. The molecule has 0 spiro atoms. The number of isocyanates is 1. The fraction of sp³-hybridized carbons (Fsp3) is 0.364. The summed E-state index contributed by atoms with van der Waals surface area (Å²) in [5.41, 5.74) is 2.86. The zero-order valence-electron chi connectivity index (χ0n) is 8.13. The van der Waals surface area contributed by atoms with Crippen LogP contribution < -0.4 is 0 Å². The van der Waals surface area contributed by atoms with Gasteiger partial charge in [0.25, 0.3) is 0 Å². The second-order valence-electron chi connectivity index (χ2n) is 2.63. The van der Waals surface area contributed by atoms with Crippen LogP contribution in [0.5, 0.6) is 0 Å². The van der Waals surface area contributed by atoms with E-state index in [1.807, 2.05) is 0 Å². The van der Waals surface area contributed by atoms with Crippen LogP contribution in [-0.4, -0.2) is 6.08 Å². The van der Waals surface area contributed by atoms with Crippen molar-refractivity contribution in [1.29, 1.82) is 5.41 Å². The Balaban J connectivity index is 0.000000424. The summed E-state index contributed by atoms with van der Waals surface area (Å²) in [5, 5.41) is 5.40. The second-order valence-corrected chi connectivity index (χ2v) is 2.63. The van der Waals surface area contributed by atoms with E-state index in [0.717, 1.165) is 18.9 Å². The highest BCUT2D eigenvalue weighted by atomic mass is 16.1. The number of aryl methyl sites for hydroxylation is 2. The lowest BCUT2D eigenvalue weighted by molar-refractivity contribution is 0.563. The molecule has 1 rings (SSSR count). The Morgan fingerprint density at radius 3 is 1.46 bits per heavy atom. The Morgan fingerprint density at radius 2 is 1.31 bits per heavy atom. The summed E-state index contributed by atoms with van der Waals surface area (Å²) in [7, 11) is 0. The van der Waals surface area contributed by atoms with Gasteiger partial charge in [-0.2, -0.15) is 0 Å². The van der Waals surface area contributed by atoms with Crippen molar-refractivity contribution in [2.75, 3.05) is 0 Å². The van der Waals surface area contributed by atoms with E-state index in [-0.39, 0.29) is 0 Å². The van der Waals surface area contributed by atoms with Crippen molar-refractivity contribution in [1.82, 2.24) is 0 Å². The molecule has 2 heteroatoms. The molecule has 13 heavy (non-hydrogen) atoms. The van der Waals surface area contributed by atoms with E-state index in [0.29, 0.717) is 0 Å². The molecule has 0 heterocycles. The van der Waals surface area contributed by atoms with Gasteiger partial charge >= 0.3 is 0 Å². The largest absolute Gasteiger partial charge is 0.231 e. The highest BCUT2D eigenvalue weighted by molar-refractivity contribution is 5.26. The Morgan fingerprint density at radius 1 is 1.08 bits per heavy atom. The molecule has 0 radical (unpaired) electrons. The monoisotopic (exact) mass is 177 g/mol. The van der Waals surface area contributed by atoms with Crippen molar-refractivity contribution in [3.8, 4) is 0 Å². The van der Waals surface area contributed by atoms with Gasteiger partial charge in [0.2, 0.25) is 6.08 Å². The molecular formula is C11H15NO. The van der Waals surface area contributed by atoms with Crippen LogP contribution in [0, 0.1) is 5.41 Å². The summed E-state index contributed by atoms with van der Waals surface area (Å²) >= 11 is 0. The SMILES string of the molecule is CCc1ccc(CC)cc1.N=C=O. The average molecular weight is 177 g/mol. The summed E-state index contributed by atoms with van der Waals surface area (Å²) < 4.78 is 0. The highest BCUT2D eigenvalue weighted by Gasteiger charge is 1.88. The molecule has 70 valence electrons. The van der Waals surface area contributed by atoms with Gasteiger partial charge < -0.3 is 0 Å². The van der Waals surface area contributed by atoms with Crippen LogP contribution in [0.1, 0.15) is 25.0 Å². The maximum atomic E-state index is 8.35. The zero-order valence-corrected chi connectivity index (χ0v) is 8.13. The van der Waals surface area contributed by atoms with Crippen LogP contribution in [-0.2, 0) is 17.6 Å². The number of nitrogens with one attached hydrogen (secondary N) is 1. The Bertz CT molecular complexity index is 235. The van der Waals surface area contributed by atoms with Gasteiger partial charge in [-0.3, -0.25) is 0 Å². The van der Waals surface area contributed by atoms with Crippen molar-refractivity contribution >= 4 is 6.08 Å². The number of carbonyl (C=O) groups excluding carboxylic acids is 1. The van der Waals surface area contributed by atoms with Crippen molar-refractivity contribution in [3.63, 3.8) is 0 Å². The first-order chi connectivity index (χ1) is 6.28. The first-order valence-corrected chi connectivity index (χ1v) is 4.40. The minimum atomic E-state index is 0.750. The Hall–Kier alpha value is -1.40. The third kappa shape index (κ3) is 4.94. The highest BCUT2D eigenvalue weighted by Crippen LogP contribution is 2.04. The third-order valence-corrected chi connectivity index (χ3v) is 1.84. The maximum absolute atomic E-state index is 8.35. The molecule has 0 aliphatic heterocycles. The molecule has 1 aromatic rings. The van der Waals surface area contributed by atoms with E-state index in [1.165, 1.54) is 11.1 Å². The molecule has 0 aromatic heterocycles. The van der Waals surface area contributed by atoms with E-state index in [1.54, 1.807) is 0 Å². The number of hydrogen-bond acceptors (Lipinski definition) is 2. The summed E-state index contributed by atoms with van der Waals surface area (Å²) in [6.07, 6.45) is 3.04. The summed E-state index contributed by atoms with van der Waals surface area (Å²) in [5.74, 6) is 0. The molecule has 0 amide bonds. The minimum absolute atomic E-state index is 0.750. The van der Waals surface area contributed by atoms with E-state index >= 15 is 0 Å². The molecule has 0 aliphatic rings. The topological polar surface area (TPSA) is 40.9 Å². The number of hydrogen-bond donors (Lipinski definition) is 1. The van der Waals surface area contributed by atoms with Crippen LogP contribution in [0.2, 0.25) is 0 Å². The van der Waals surface area contributed by atoms with Gasteiger partial charge in [-0.1, -0.05) is 38.1 Å². The van der Waals surface area contributed by atoms with Crippen LogP contribution in [0.15, 0.2) is 24.3 Å². The van der Waals surface area contributed by atoms with Gasteiger partial charge in [0.1, 0.15) is 0 Å². The summed E-state index contributed by atoms with van der Waals surface area (Å²) in [4.78, 5) is 8.35. The summed E-state index contributed by atoms with van der Waals surface area (Å²) in [6, 6.07) is 8.83. The standard InChI is InChI=1S/C10H14.CHNO/c1-3-9-5-7-10(4-2)8-6-9;2-1-3/h5-8H,3-4H2,1-2H3;2H. The molecule has 1 N–H and O–H groups in total. The van der Waals surface area contributed by atoms with Crippen molar-refractivity contribution in [3.05, 3.63) is 35.4 Å². The number of rotatable bonds is 2. The second kappa shape index (κ2) is 7.26. The van der Waals surface area contributed by atoms with Crippen LogP contribution in [0.3, 0.4) is 0 Å². The van der Waals surface area contributed by atoms with Crippen LogP contribution in [0.4, 0.5) is 0 Å². The lowest BCUT2D eigenvalue weighted by Crippen LogP contribution is -1.81. The molecule has 0 aliphatic carbocycles. The molecule has 0 fully saturated rings. The normalized spacial score (nSPS) is 8.15. The van der Waals surface area contributed by atoms with Crippen molar-refractivity contribution in [2.24, 2.45) is 0 Å². The van der Waals surface area contributed by atoms with Crippen molar-refractivity contribution in [2.45, 2.75) is 26.7 Å². The fourth-order valence-corrected chi connectivity index (χ4v) is 1.01. The molecule has 0 atom stereocenters. The average Bonchev–Trinajstić information content (AvgIpc) is 2.19. The molecule has 1 aromatic carbocycles. The van der Waals surface area contributed by atoms with Gasteiger partial charge in [0.05, 0.1) is 0 Å². The van der Waals surface area contributed by atoms with Crippen LogP contribution in [0.25, 0.3) is 0 Å². The van der Waals surface area contributed by atoms with E-state index in [2.05, 4.69) is 38.1 Å². The maximum Gasteiger partial charge on any atom is 0.231 e. The molecule has 0 saturated carbocycles. The van der Waals surface area contributed by atoms with Gasteiger partial charge in [0.15, 0.2) is 0 Å². The predicted octanol–water partition coefficient (Wildman–Crippen LogP) is 2.71. The fourth-order valence-electron chi connectivity index (χ4n) is 1.01. The lowest BCUT2D eigenvalue weighted by atomic mass is 10.1. The third-order valence-electron chi connectivity index (χ3n) is 1.84. The smallest absolute Gasteiger partial charge is 0.222 e. The van der Waals surface area contributed by atoms with Gasteiger partial charge in [-0.05, 0) is 24.0 Å². The van der Waals surface area contributed by atoms with Gasteiger partial charge in [0, 0.05) is 0 Å². The first kappa shape index (κ1) is 11.6. The predicted molar refractivity (Wildman–Crippen MR) is 53.6 cm³/mol. The lowest BCUT2D eigenvalue weighted by Gasteiger charge is -1.97. The molecular weight excluding hydrogens is 162 g/mol. The number of benzene rings is 1. The summed E-state index contributed by atoms with van der Waals surface area (Å²) in [6.45, 7) is 4.36. The zero-order chi connectivity index (χ0) is 10.1. The first-order valence-electron chi connectivity index (χ1n) is 4.40. The quantitative estimate of drug-likeness (QED) is 0.547. The molecule has 0 unspecified atom stereocenters.